The summed E-state index contributed by atoms with van der Waals surface area (Å²) in [5, 5.41) is 6.63. The van der Waals surface area contributed by atoms with E-state index in [-0.39, 0.29) is 30.1 Å². The molecule has 0 radical (unpaired) electrons. The minimum Gasteiger partial charge on any atom is -0.375 e. The van der Waals surface area contributed by atoms with Crippen LogP contribution in [0.5, 0.6) is 0 Å². The molecule has 1 spiro atoms. The molecule has 1 amide bonds. The van der Waals surface area contributed by atoms with E-state index < -0.39 is 0 Å². The van der Waals surface area contributed by atoms with Gasteiger partial charge in [-0.2, -0.15) is 0 Å². The van der Waals surface area contributed by atoms with Crippen molar-refractivity contribution in [2.45, 2.75) is 37.0 Å². The third-order valence-corrected chi connectivity index (χ3v) is 5.92. The zero-order valence-electron chi connectivity index (χ0n) is 16.2. The molecule has 2 N–H and O–H groups in total. The number of methoxy groups -OCH3 is 1. The molecule has 1 saturated heterocycles. The number of hydrogen-bond donors (Lipinski definition) is 2. The number of piperidine rings is 1. The van der Waals surface area contributed by atoms with Crippen molar-refractivity contribution in [3.8, 4) is 0 Å². The zero-order valence-corrected chi connectivity index (χ0v) is 16.2. The summed E-state index contributed by atoms with van der Waals surface area (Å²) in [4.78, 5) is 16.6. The van der Waals surface area contributed by atoms with Gasteiger partial charge in [0.25, 0.3) is 0 Å². The van der Waals surface area contributed by atoms with Gasteiger partial charge in [-0.05, 0) is 48.7 Å². The summed E-state index contributed by atoms with van der Waals surface area (Å²) >= 11 is 0. The normalized spacial score (nSPS) is 22.8. The number of rotatable bonds is 6. The van der Waals surface area contributed by atoms with Crippen LogP contribution in [-0.2, 0) is 26.3 Å². The van der Waals surface area contributed by atoms with Crippen LogP contribution in [0.3, 0.4) is 0 Å². The fraction of sp³-hybridized carbons (Fsp3) is 0.455. The van der Waals surface area contributed by atoms with Crippen molar-refractivity contribution in [2.24, 2.45) is 0 Å². The first-order chi connectivity index (χ1) is 13.7. The molecule has 0 saturated carbocycles. The van der Waals surface area contributed by atoms with Crippen molar-refractivity contribution in [3.63, 3.8) is 0 Å². The van der Waals surface area contributed by atoms with Crippen LogP contribution in [0.1, 0.15) is 35.6 Å². The van der Waals surface area contributed by atoms with Crippen LogP contribution in [0, 0.1) is 0 Å². The second-order valence-corrected chi connectivity index (χ2v) is 7.56. The number of nitrogens with zero attached hydrogens (tertiary/aromatic N) is 1. The lowest BCUT2D eigenvalue weighted by molar-refractivity contribution is -0.127. The molecule has 2 heterocycles. The lowest BCUT2D eigenvalue weighted by Gasteiger charge is -2.41. The summed E-state index contributed by atoms with van der Waals surface area (Å²) in [6.07, 6.45) is 5.43. The Morgan fingerprint density at radius 2 is 2.07 bits per heavy atom. The lowest BCUT2D eigenvalue weighted by atomic mass is 9.72. The maximum atomic E-state index is 12.4. The quantitative estimate of drug-likeness (QED) is 0.802. The Hall–Kier alpha value is -2.28. The zero-order chi connectivity index (χ0) is 19.4. The number of fused-ring (bicyclic) bond motifs is 2. The average Bonchev–Trinajstić information content (AvgIpc) is 2.97. The van der Waals surface area contributed by atoms with Crippen molar-refractivity contribution < 1.29 is 14.3 Å². The number of carbonyl (C=O) groups excluding carboxylic acids is 1. The van der Waals surface area contributed by atoms with Crippen molar-refractivity contribution >= 4 is 5.91 Å². The molecule has 1 aromatic carbocycles. The molecule has 6 heteroatoms. The summed E-state index contributed by atoms with van der Waals surface area (Å²) in [7, 11) is 1.53. The molecule has 1 aromatic heterocycles. The Labute approximate surface area is 165 Å². The van der Waals surface area contributed by atoms with Crippen LogP contribution in [-0.4, -0.2) is 43.8 Å². The standard InChI is InChI=1S/C22H27N3O3/c1-27-15-19(26)25-20-17-6-2-3-7-18(17)22(8-11-23-12-9-22)21(20)28-14-16-5-4-10-24-13-16/h2-7,10,13,20-21,23H,8-9,11-12,14-15H2,1H3,(H,25,26)/t20-,21+/m1/s1. The first-order valence-corrected chi connectivity index (χ1v) is 9.83. The highest BCUT2D eigenvalue weighted by Gasteiger charge is 2.53. The van der Waals surface area contributed by atoms with E-state index in [4.69, 9.17) is 9.47 Å². The highest BCUT2D eigenvalue weighted by atomic mass is 16.5. The Bertz CT molecular complexity index is 806. The van der Waals surface area contributed by atoms with E-state index >= 15 is 0 Å². The number of hydrogen-bond acceptors (Lipinski definition) is 5. The van der Waals surface area contributed by atoms with Crippen LogP contribution >= 0.6 is 0 Å². The molecule has 28 heavy (non-hydrogen) atoms. The van der Waals surface area contributed by atoms with E-state index in [0.717, 1.165) is 37.1 Å². The predicted octanol–water partition coefficient (Wildman–Crippen LogP) is 2.11. The fourth-order valence-corrected chi connectivity index (χ4v) is 4.71. The van der Waals surface area contributed by atoms with Crippen LogP contribution in [0.15, 0.2) is 48.8 Å². The van der Waals surface area contributed by atoms with Gasteiger partial charge < -0.3 is 20.1 Å². The molecular weight excluding hydrogens is 354 g/mol. The number of amides is 1. The van der Waals surface area contributed by atoms with Crippen molar-refractivity contribution in [1.82, 2.24) is 15.6 Å². The van der Waals surface area contributed by atoms with E-state index in [2.05, 4.69) is 33.8 Å². The Morgan fingerprint density at radius 3 is 2.82 bits per heavy atom. The third kappa shape index (κ3) is 3.55. The minimum atomic E-state index is -0.186. The molecule has 0 bridgehead atoms. The van der Waals surface area contributed by atoms with Gasteiger partial charge >= 0.3 is 0 Å². The van der Waals surface area contributed by atoms with E-state index in [9.17, 15) is 4.79 Å². The molecule has 1 fully saturated rings. The maximum absolute atomic E-state index is 12.4. The Morgan fingerprint density at radius 1 is 1.25 bits per heavy atom. The van der Waals surface area contributed by atoms with Gasteiger partial charge in [-0.25, -0.2) is 0 Å². The van der Waals surface area contributed by atoms with Crippen LogP contribution < -0.4 is 10.6 Å². The molecule has 2 aromatic rings. The van der Waals surface area contributed by atoms with E-state index in [1.54, 1.807) is 6.20 Å². The van der Waals surface area contributed by atoms with E-state index in [1.807, 2.05) is 24.4 Å². The van der Waals surface area contributed by atoms with Crippen LogP contribution in [0.4, 0.5) is 0 Å². The van der Waals surface area contributed by atoms with E-state index in [0.29, 0.717) is 6.61 Å². The molecule has 1 aliphatic carbocycles. The first kappa shape index (κ1) is 19.1. The van der Waals surface area contributed by atoms with Crippen LogP contribution in [0.2, 0.25) is 0 Å². The Kier molecular flexibility index (Phi) is 5.71. The monoisotopic (exact) mass is 381 g/mol. The summed E-state index contributed by atoms with van der Waals surface area (Å²) < 4.78 is 11.6. The number of ether oxygens (including phenoxy) is 2. The van der Waals surface area contributed by atoms with Gasteiger partial charge in [-0.3, -0.25) is 9.78 Å². The van der Waals surface area contributed by atoms with Crippen molar-refractivity contribution in [1.29, 1.82) is 0 Å². The molecule has 2 aliphatic rings. The number of carbonyl (C=O) groups is 1. The third-order valence-electron chi connectivity index (χ3n) is 5.92. The highest BCUT2D eigenvalue weighted by molar-refractivity contribution is 5.78. The van der Waals surface area contributed by atoms with Crippen LogP contribution in [0.25, 0.3) is 0 Å². The highest BCUT2D eigenvalue weighted by Crippen LogP contribution is 2.51. The molecule has 0 unspecified atom stereocenters. The second-order valence-electron chi connectivity index (χ2n) is 7.56. The smallest absolute Gasteiger partial charge is 0.246 e. The summed E-state index contributed by atoms with van der Waals surface area (Å²) in [5.41, 5.74) is 3.39. The largest absolute Gasteiger partial charge is 0.375 e. The van der Waals surface area contributed by atoms with Gasteiger partial charge in [-0.1, -0.05) is 30.3 Å². The van der Waals surface area contributed by atoms with Gasteiger partial charge in [0.15, 0.2) is 0 Å². The van der Waals surface area contributed by atoms with E-state index in [1.165, 1.54) is 12.7 Å². The topological polar surface area (TPSA) is 72.5 Å². The molecule has 148 valence electrons. The summed E-state index contributed by atoms with van der Waals surface area (Å²) in [5.74, 6) is -0.122. The van der Waals surface area contributed by atoms with Gasteiger partial charge in [0.05, 0.1) is 18.8 Å². The van der Waals surface area contributed by atoms with Crippen molar-refractivity contribution in [3.05, 3.63) is 65.5 Å². The summed E-state index contributed by atoms with van der Waals surface area (Å²) in [6, 6.07) is 12.2. The maximum Gasteiger partial charge on any atom is 0.246 e. The minimum absolute atomic E-state index is 0.0442. The fourth-order valence-electron chi connectivity index (χ4n) is 4.71. The molecule has 6 nitrogen and oxygen atoms in total. The molecule has 2 atom stereocenters. The summed E-state index contributed by atoms with van der Waals surface area (Å²) in [6.45, 7) is 2.40. The first-order valence-electron chi connectivity index (χ1n) is 9.83. The SMILES string of the molecule is COCC(=O)N[C@@H]1c2ccccc2C2(CCNCC2)[C@H]1OCc1cccnc1. The number of aromatic nitrogens is 1. The Balaban J connectivity index is 1.67. The number of nitrogens with one attached hydrogen (secondary N) is 2. The van der Waals surface area contributed by atoms with Crippen molar-refractivity contribution in [2.75, 3.05) is 26.8 Å². The second kappa shape index (κ2) is 8.39. The number of benzene rings is 1. The molecule has 1 aliphatic heterocycles. The lowest BCUT2D eigenvalue weighted by Crippen LogP contribution is -2.50. The predicted molar refractivity (Wildman–Crippen MR) is 106 cm³/mol. The average molecular weight is 381 g/mol. The van der Waals surface area contributed by atoms with Gasteiger partial charge in [0.2, 0.25) is 5.91 Å². The molecular formula is C22H27N3O3. The van der Waals surface area contributed by atoms with Gasteiger partial charge in [-0.15, -0.1) is 0 Å². The van der Waals surface area contributed by atoms with Gasteiger partial charge in [0, 0.05) is 24.9 Å². The molecule has 4 rings (SSSR count). The van der Waals surface area contributed by atoms with Gasteiger partial charge in [0.1, 0.15) is 6.61 Å². The number of pyridine rings is 1.